The lowest BCUT2D eigenvalue weighted by Gasteiger charge is -2.34. The normalized spacial score (nSPS) is 14.8. The van der Waals surface area contributed by atoms with Crippen LogP contribution in [0, 0.1) is 5.92 Å². The van der Waals surface area contributed by atoms with Crippen LogP contribution in [-0.2, 0) is 9.53 Å². The molecule has 0 aromatic carbocycles. The van der Waals surface area contributed by atoms with E-state index in [2.05, 4.69) is 11.9 Å². The SMILES string of the molecule is C=CC[C@@](NC(=O)OC(C)(C)C)(C(=O)O)C(C)C. The van der Waals surface area contributed by atoms with E-state index in [1.54, 1.807) is 34.6 Å². The Morgan fingerprint density at radius 1 is 1.39 bits per heavy atom. The molecule has 1 amide bonds. The standard InChI is InChI=1S/C13H23NO4/c1-7-8-13(9(2)3,10(15)16)14-11(17)18-12(4,5)6/h7,9H,1,8H2,2-6H3,(H,14,17)(H,15,16)/t13-/m0/s1. The number of carbonyl (C=O) groups excluding carboxylic acids is 1. The fourth-order valence-electron chi connectivity index (χ4n) is 1.53. The number of carboxylic acids is 1. The number of carboxylic acid groups (broad SMARTS) is 1. The zero-order chi connectivity index (χ0) is 14.6. The van der Waals surface area contributed by atoms with E-state index >= 15 is 0 Å². The van der Waals surface area contributed by atoms with Crippen molar-refractivity contribution in [3.8, 4) is 0 Å². The molecule has 0 unspecified atom stereocenters. The van der Waals surface area contributed by atoms with E-state index in [0.717, 1.165) is 0 Å². The van der Waals surface area contributed by atoms with Gasteiger partial charge in [-0.2, -0.15) is 0 Å². The number of hydrogen-bond donors (Lipinski definition) is 2. The highest BCUT2D eigenvalue weighted by molar-refractivity contribution is 5.85. The molecular weight excluding hydrogens is 234 g/mol. The third-order valence-electron chi connectivity index (χ3n) is 2.56. The Hall–Kier alpha value is -1.52. The van der Waals surface area contributed by atoms with Crippen LogP contribution in [0.2, 0.25) is 0 Å². The Morgan fingerprint density at radius 3 is 2.17 bits per heavy atom. The van der Waals surface area contributed by atoms with Gasteiger partial charge < -0.3 is 15.2 Å². The van der Waals surface area contributed by atoms with Gasteiger partial charge in [-0.25, -0.2) is 9.59 Å². The van der Waals surface area contributed by atoms with Gasteiger partial charge in [0, 0.05) is 0 Å². The Kier molecular flexibility index (Phi) is 5.39. The van der Waals surface area contributed by atoms with E-state index in [1.807, 2.05) is 0 Å². The van der Waals surface area contributed by atoms with Gasteiger partial charge in [0.1, 0.15) is 11.1 Å². The minimum Gasteiger partial charge on any atom is -0.479 e. The van der Waals surface area contributed by atoms with Gasteiger partial charge in [0.05, 0.1) is 0 Å². The number of carbonyl (C=O) groups is 2. The number of rotatable bonds is 5. The first-order valence-electron chi connectivity index (χ1n) is 5.90. The summed E-state index contributed by atoms with van der Waals surface area (Å²) in [6.07, 6.45) is 0.880. The topological polar surface area (TPSA) is 75.6 Å². The summed E-state index contributed by atoms with van der Waals surface area (Å²) in [4.78, 5) is 23.2. The van der Waals surface area contributed by atoms with Crippen LogP contribution in [0.25, 0.3) is 0 Å². The molecule has 5 nitrogen and oxygen atoms in total. The van der Waals surface area contributed by atoms with Crippen LogP contribution in [0.5, 0.6) is 0 Å². The van der Waals surface area contributed by atoms with E-state index in [-0.39, 0.29) is 12.3 Å². The average Bonchev–Trinajstić information content (AvgIpc) is 2.12. The van der Waals surface area contributed by atoms with Crippen LogP contribution in [0.3, 0.4) is 0 Å². The number of nitrogens with one attached hydrogen (secondary N) is 1. The zero-order valence-electron chi connectivity index (χ0n) is 11.7. The molecule has 0 aromatic heterocycles. The molecule has 1 atom stereocenters. The van der Waals surface area contributed by atoms with Gasteiger partial charge in [0.2, 0.25) is 0 Å². The van der Waals surface area contributed by atoms with Crippen LogP contribution in [0.15, 0.2) is 12.7 Å². The highest BCUT2D eigenvalue weighted by atomic mass is 16.6. The third kappa shape index (κ3) is 4.39. The average molecular weight is 257 g/mol. The molecule has 0 heterocycles. The molecule has 0 aliphatic heterocycles. The molecule has 104 valence electrons. The molecule has 0 fully saturated rings. The van der Waals surface area contributed by atoms with Gasteiger partial charge in [-0.1, -0.05) is 19.9 Å². The molecule has 0 spiro atoms. The lowest BCUT2D eigenvalue weighted by molar-refractivity contribution is -0.146. The van der Waals surface area contributed by atoms with Gasteiger partial charge in [-0.05, 0) is 33.1 Å². The molecule has 0 aliphatic carbocycles. The van der Waals surface area contributed by atoms with Crippen molar-refractivity contribution in [2.45, 2.75) is 52.2 Å². The molecule has 0 radical (unpaired) electrons. The summed E-state index contributed by atoms with van der Waals surface area (Å²) in [7, 11) is 0. The van der Waals surface area contributed by atoms with Crippen LogP contribution < -0.4 is 5.32 Å². The molecular formula is C13H23NO4. The Bertz CT molecular complexity index is 330. The summed E-state index contributed by atoms with van der Waals surface area (Å²) >= 11 is 0. The highest BCUT2D eigenvalue weighted by Gasteiger charge is 2.43. The maximum absolute atomic E-state index is 11.7. The van der Waals surface area contributed by atoms with Crippen molar-refractivity contribution in [1.82, 2.24) is 5.32 Å². The molecule has 0 aliphatic rings. The molecule has 0 saturated carbocycles. The molecule has 0 bridgehead atoms. The summed E-state index contributed by atoms with van der Waals surface area (Å²) in [5, 5.41) is 11.8. The molecule has 0 rings (SSSR count). The van der Waals surface area contributed by atoms with E-state index in [9.17, 15) is 14.7 Å². The van der Waals surface area contributed by atoms with Gasteiger partial charge in [-0.15, -0.1) is 6.58 Å². The first-order chi connectivity index (χ1) is 8.05. The molecule has 0 saturated heterocycles. The van der Waals surface area contributed by atoms with Crippen molar-refractivity contribution in [3.63, 3.8) is 0 Å². The van der Waals surface area contributed by atoms with Crippen molar-refractivity contribution in [2.75, 3.05) is 0 Å². The molecule has 0 aromatic rings. The van der Waals surface area contributed by atoms with Crippen molar-refractivity contribution in [2.24, 2.45) is 5.92 Å². The largest absolute Gasteiger partial charge is 0.479 e. The Balaban J connectivity index is 5.06. The quantitative estimate of drug-likeness (QED) is 0.742. The number of alkyl carbamates (subject to hydrolysis) is 1. The van der Waals surface area contributed by atoms with E-state index in [0.29, 0.717) is 0 Å². The Labute approximate surface area is 108 Å². The van der Waals surface area contributed by atoms with Crippen molar-refractivity contribution < 1.29 is 19.4 Å². The van der Waals surface area contributed by atoms with Crippen LogP contribution in [0.4, 0.5) is 4.79 Å². The zero-order valence-corrected chi connectivity index (χ0v) is 11.7. The molecule has 2 N–H and O–H groups in total. The summed E-state index contributed by atoms with van der Waals surface area (Å²) in [5.41, 5.74) is -2.05. The summed E-state index contributed by atoms with van der Waals surface area (Å²) in [5.74, 6) is -1.39. The van der Waals surface area contributed by atoms with Gasteiger partial charge in [0.25, 0.3) is 0 Å². The lowest BCUT2D eigenvalue weighted by atomic mass is 9.83. The van der Waals surface area contributed by atoms with E-state index in [4.69, 9.17) is 4.74 Å². The maximum atomic E-state index is 11.7. The fraction of sp³-hybridized carbons (Fsp3) is 0.692. The van der Waals surface area contributed by atoms with Crippen molar-refractivity contribution >= 4 is 12.1 Å². The monoisotopic (exact) mass is 257 g/mol. The number of hydrogen-bond acceptors (Lipinski definition) is 3. The second-order valence-electron chi connectivity index (χ2n) is 5.55. The summed E-state index contributed by atoms with van der Waals surface area (Å²) < 4.78 is 5.09. The second-order valence-corrected chi connectivity index (χ2v) is 5.55. The van der Waals surface area contributed by atoms with Gasteiger partial charge in [0.15, 0.2) is 0 Å². The van der Waals surface area contributed by atoms with Crippen LogP contribution in [-0.4, -0.2) is 28.3 Å². The summed E-state index contributed by atoms with van der Waals surface area (Å²) in [6, 6.07) is 0. The van der Waals surface area contributed by atoms with E-state index in [1.165, 1.54) is 6.08 Å². The Morgan fingerprint density at radius 2 is 1.89 bits per heavy atom. The minimum atomic E-state index is -1.38. The predicted octanol–water partition coefficient (Wildman–Crippen LogP) is 2.57. The van der Waals surface area contributed by atoms with Gasteiger partial charge in [-0.3, -0.25) is 0 Å². The number of amides is 1. The predicted molar refractivity (Wildman–Crippen MR) is 69.4 cm³/mol. The first kappa shape index (κ1) is 16.5. The number of ether oxygens (including phenoxy) is 1. The highest BCUT2D eigenvalue weighted by Crippen LogP contribution is 2.23. The van der Waals surface area contributed by atoms with Crippen LogP contribution >= 0.6 is 0 Å². The minimum absolute atomic E-state index is 0.138. The third-order valence-corrected chi connectivity index (χ3v) is 2.56. The summed E-state index contributed by atoms with van der Waals surface area (Å²) in [6.45, 7) is 12.2. The number of aliphatic carboxylic acids is 1. The lowest BCUT2D eigenvalue weighted by Crippen LogP contribution is -2.58. The first-order valence-corrected chi connectivity index (χ1v) is 5.90. The molecule has 5 heteroatoms. The van der Waals surface area contributed by atoms with Crippen molar-refractivity contribution in [3.05, 3.63) is 12.7 Å². The second kappa shape index (κ2) is 5.89. The van der Waals surface area contributed by atoms with Gasteiger partial charge >= 0.3 is 12.1 Å². The smallest absolute Gasteiger partial charge is 0.408 e. The van der Waals surface area contributed by atoms with Crippen molar-refractivity contribution in [1.29, 1.82) is 0 Å². The molecule has 18 heavy (non-hydrogen) atoms. The van der Waals surface area contributed by atoms with E-state index < -0.39 is 23.2 Å². The fourth-order valence-corrected chi connectivity index (χ4v) is 1.53. The maximum Gasteiger partial charge on any atom is 0.408 e. The van der Waals surface area contributed by atoms with Crippen LogP contribution in [0.1, 0.15) is 41.0 Å².